The van der Waals surface area contributed by atoms with Crippen LogP contribution in [0.25, 0.3) is 11.1 Å². The van der Waals surface area contributed by atoms with E-state index in [4.69, 9.17) is 0 Å². The standard InChI is InChI=1S/C18H15NO2/c20-17-9-7-15(8-10-17)19-16-5-1-3-13(11-16)14-4-2-6-18(21)12-14/h1-12,19-21H. The van der Waals surface area contributed by atoms with Crippen LogP contribution in [-0.2, 0) is 0 Å². The van der Waals surface area contributed by atoms with E-state index in [1.165, 1.54) is 0 Å². The number of benzene rings is 3. The van der Waals surface area contributed by atoms with Gasteiger partial charge in [0.25, 0.3) is 0 Å². The highest BCUT2D eigenvalue weighted by Crippen LogP contribution is 2.27. The number of nitrogens with one attached hydrogen (secondary N) is 1. The Hall–Kier alpha value is -2.94. The van der Waals surface area contributed by atoms with Crippen molar-refractivity contribution in [2.24, 2.45) is 0 Å². The van der Waals surface area contributed by atoms with Gasteiger partial charge in [0.2, 0.25) is 0 Å². The van der Waals surface area contributed by atoms with Crippen LogP contribution in [0.2, 0.25) is 0 Å². The van der Waals surface area contributed by atoms with E-state index < -0.39 is 0 Å². The Morgan fingerprint density at radius 3 is 1.95 bits per heavy atom. The van der Waals surface area contributed by atoms with Gasteiger partial charge in [-0.25, -0.2) is 0 Å². The summed E-state index contributed by atoms with van der Waals surface area (Å²) in [5, 5.41) is 22.1. The van der Waals surface area contributed by atoms with E-state index >= 15 is 0 Å². The molecular weight excluding hydrogens is 262 g/mol. The molecule has 0 aromatic heterocycles. The third-order valence-electron chi connectivity index (χ3n) is 3.20. The van der Waals surface area contributed by atoms with E-state index in [0.29, 0.717) is 0 Å². The second-order valence-electron chi connectivity index (χ2n) is 4.80. The average Bonchev–Trinajstić information content (AvgIpc) is 2.50. The first kappa shape index (κ1) is 13.1. The maximum absolute atomic E-state index is 9.57. The second kappa shape index (κ2) is 5.59. The number of aromatic hydroxyl groups is 2. The van der Waals surface area contributed by atoms with Crippen LogP contribution in [-0.4, -0.2) is 10.2 Å². The summed E-state index contributed by atoms with van der Waals surface area (Å²) in [6.45, 7) is 0. The number of hydrogen-bond donors (Lipinski definition) is 3. The fourth-order valence-corrected chi connectivity index (χ4v) is 2.17. The lowest BCUT2D eigenvalue weighted by Gasteiger charge is -2.09. The van der Waals surface area contributed by atoms with E-state index in [1.54, 1.807) is 24.3 Å². The van der Waals surface area contributed by atoms with E-state index in [1.807, 2.05) is 48.5 Å². The molecule has 3 aromatic carbocycles. The van der Waals surface area contributed by atoms with Crippen molar-refractivity contribution in [3.05, 3.63) is 72.8 Å². The van der Waals surface area contributed by atoms with Gasteiger partial charge in [-0.05, 0) is 59.7 Å². The van der Waals surface area contributed by atoms with Crippen LogP contribution in [0.5, 0.6) is 11.5 Å². The number of rotatable bonds is 3. The molecule has 21 heavy (non-hydrogen) atoms. The highest BCUT2D eigenvalue weighted by molar-refractivity contribution is 5.71. The van der Waals surface area contributed by atoms with Gasteiger partial charge in [0.05, 0.1) is 0 Å². The number of phenolic OH excluding ortho intramolecular Hbond substituents is 2. The maximum Gasteiger partial charge on any atom is 0.116 e. The molecule has 3 heteroatoms. The van der Waals surface area contributed by atoms with Gasteiger partial charge >= 0.3 is 0 Å². The Bertz CT molecular complexity index is 751. The zero-order valence-corrected chi connectivity index (χ0v) is 11.3. The first-order valence-electron chi connectivity index (χ1n) is 6.66. The van der Waals surface area contributed by atoms with Gasteiger partial charge in [-0.2, -0.15) is 0 Å². The van der Waals surface area contributed by atoms with Gasteiger partial charge < -0.3 is 15.5 Å². The topological polar surface area (TPSA) is 52.5 Å². The van der Waals surface area contributed by atoms with Gasteiger partial charge in [0.15, 0.2) is 0 Å². The predicted molar refractivity (Wildman–Crippen MR) is 84.9 cm³/mol. The van der Waals surface area contributed by atoms with Crippen LogP contribution in [0.3, 0.4) is 0 Å². The van der Waals surface area contributed by atoms with Gasteiger partial charge in [-0.1, -0.05) is 24.3 Å². The molecule has 0 unspecified atom stereocenters. The van der Waals surface area contributed by atoms with Gasteiger partial charge in [-0.3, -0.25) is 0 Å². The molecular formula is C18H15NO2. The fraction of sp³-hybridized carbons (Fsp3) is 0. The van der Waals surface area contributed by atoms with E-state index in [9.17, 15) is 10.2 Å². The first-order chi connectivity index (χ1) is 10.2. The Morgan fingerprint density at radius 2 is 1.24 bits per heavy atom. The van der Waals surface area contributed by atoms with Crippen molar-refractivity contribution < 1.29 is 10.2 Å². The van der Waals surface area contributed by atoms with Crippen LogP contribution in [0.1, 0.15) is 0 Å². The van der Waals surface area contributed by atoms with Crippen molar-refractivity contribution in [1.29, 1.82) is 0 Å². The minimum absolute atomic E-state index is 0.245. The Kier molecular flexibility index (Phi) is 3.48. The van der Waals surface area contributed by atoms with Gasteiger partial charge in [-0.15, -0.1) is 0 Å². The Balaban J connectivity index is 1.88. The minimum atomic E-state index is 0.245. The summed E-state index contributed by atoms with van der Waals surface area (Å²) in [4.78, 5) is 0. The molecule has 0 spiro atoms. The Morgan fingerprint density at radius 1 is 0.571 bits per heavy atom. The lowest BCUT2D eigenvalue weighted by molar-refractivity contribution is 0.475. The summed E-state index contributed by atoms with van der Waals surface area (Å²) in [5.41, 5.74) is 3.83. The van der Waals surface area contributed by atoms with Crippen molar-refractivity contribution in [1.82, 2.24) is 0 Å². The molecule has 0 radical (unpaired) electrons. The minimum Gasteiger partial charge on any atom is -0.508 e. The molecule has 0 bridgehead atoms. The highest BCUT2D eigenvalue weighted by atomic mass is 16.3. The zero-order valence-electron chi connectivity index (χ0n) is 11.3. The summed E-state index contributed by atoms with van der Waals surface area (Å²) in [6, 6.07) is 22.0. The summed E-state index contributed by atoms with van der Waals surface area (Å²) in [5.74, 6) is 0.499. The van der Waals surface area contributed by atoms with Crippen molar-refractivity contribution in [3.63, 3.8) is 0 Å². The third-order valence-corrected chi connectivity index (χ3v) is 3.20. The van der Waals surface area contributed by atoms with E-state index in [2.05, 4.69) is 5.32 Å². The Labute approximate surface area is 123 Å². The normalized spacial score (nSPS) is 10.3. The number of phenols is 2. The molecule has 0 saturated carbocycles. The average molecular weight is 277 g/mol. The van der Waals surface area contributed by atoms with E-state index in [0.717, 1.165) is 22.5 Å². The van der Waals surface area contributed by atoms with E-state index in [-0.39, 0.29) is 11.5 Å². The van der Waals surface area contributed by atoms with Crippen LogP contribution >= 0.6 is 0 Å². The van der Waals surface area contributed by atoms with Gasteiger partial charge in [0.1, 0.15) is 11.5 Å². The van der Waals surface area contributed by atoms with Crippen molar-refractivity contribution in [3.8, 4) is 22.6 Å². The summed E-state index contributed by atoms with van der Waals surface area (Å²) < 4.78 is 0. The van der Waals surface area contributed by atoms with Crippen LogP contribution < -0.4 is 5.32 Å². The number of anilines is 2. The molecule has 0 aliphatic heterocycles. The monoisotopic (exact) mass is 277 g/mol. The van der Waals surface area contributed by atoms with Crippen molar-refractivity contribution >= 4 is 11.4 Å². The molecule has 3 nitrogen and oxygen atoms in total. The largest absolute Gasteiger partial charge is 0.508 e. The molecule has 0 saturated heterocycles. The molecule has 0 amide bonds. The van der Waals surface area contributed by atoms with Gasteiger partial charge in [0, 0.05) is 11.4 Å². The molecule has 0 atom stereocenters. The first-order valence-corrected chi connectivity index (χ1v) is 6.66. The molecule has 0 fully saturated rings. The quantitative estimate of drug-likeness (QED) is 0.617. The smallest absolute Gasteiger partial charge is 0.116 e. The summed E-state index contributed by atoms with van der Waals surface area (Å²) in [7, 11) is 0. The van der Waals surface area contributed by atoms with Crippen LogP contribution in [0, 0.1) is 0 Å². The molecule has 0 heterocycles. The molecule has 3 aromatic rings. The predicted octanol–water partition coefficient (Wildman–Crippen LogP) is 4.51. The van der Waals surface area contributed by atoms with Crippen LogP contribution in [0.15, 0.2) is 72.8 Å². The van der Waals surface area contributed by atoms with Crippen molar-refractivity contribution in [2.75, 3.05) is 5.32 Å². The second-order valence-corrected chi connectivity index (χ2v) is 4.80. The molecule has 0 aliphatic rings. The lowest BCUT2D eigenvalue weighted by atomic mass is 10.0. The SMILES string of the molecule is Oc1ccc(Nc2cccc(-c3cccc(O)c3)c2)cc1. The fourth-order valence-electron chi connectivity index (χ4n) is 2.17. The van der Waals surface area contributed by atoms with Crippen molar-refractivity contribution in [2.45, 2.75) is 0 Å². The van der Waals surface area contributed by atoms with Crippen LogP contribution in [0.4, 0.5) is 11.4 Å². The molecule has 104 valence electrons. The zero-order chi connectivity index (χ0) is 14.7. The molecule has 3 rings (SSSR count). The lowest BCUT2D eigenvalue weighted by Crippen LogP contribution is -1.90. The summed E-state index contributed by atoms with van der Waals surface area (Å²) in [6.07, 6.45) is 0. The maximum atomic E-state index is 9.57. The highest BCUT2D eigenvalue weighted by Gasteiger charge is 2.01. The third kappa shape index (κ3) is 3.15. The number of hydrogen-bond acceptors (Lipinski definition) is 3. The molecule has 3 N–H and O–H groups in total. The summed E-state index contributed by atoms with van der Waals surface area (Å²) >= 11 is 0. The molecule has 0 aliphatic carbocycles.